The Bertz CT molecular complexity index is 2690. The molecule has 2 nitrogen and oxygen atoms in total. The van der Waals surface area contributed by atoms with Crippen LogP contribution in [-0.4, -0.2) is 8.97 Å². The van der Waals surface area contributed by atoms with Gasteiger partial charge in [0, 0.05) is 64.4 Å². The maximum absolute atomic E-state index is 2.47. The lowest BCUT2D eigenvalue weighted by molar-refractivity contribution is 1.18. The van der Waals surface area contributed by atoms with E-state index >= 15 is 0 Å². The van der Waals surface area contributed by atoms with Crippen LogP contribution in [0.4, 0.5) is 0 Å². The second kappa shape index (κ2) is 7.75. The minimum atomic E-state index is 1.18. The molecule has 0 aliphatic heterocycles. The van der Waals surface area contributed by atoms with Gasteiger partial charge in [0.15, 0.2) is 0 Å². The van der Waals surface area contributed by atoms with Crippen molar-refractivity contribution in [3.05, 3.63) is 134 Å². The van der Waals surface area contributed by atoms with E-state index in [4.69, 9.17) is 0 Å². The molecule has 0 fully saturated rings. The normalized spacial score (nSPS) is 12.4. The summed E-state index contributed by atoms with van der Waals surface area (Å²) in [5, 5.41) is 11.7. The van der Waals surface area contributed by atoms with Gasteiger partial charge in [0.05, 0.1) is 22.1 Å². The van der Waals surface area contributed by atoms with Crippen LogP contribution >= 0.6 is 11.3 Å². The molecule has 10 aromatic rings. The van der Waals surface area contributed by atoms with Crippen LogP contribution in [0.3, 0.4) is 0 Å². The molecule has 0 unspecified atom stereocenters. The Balaban J connectivity index is 1.56. The zero-order valence-electron chi connectivity index (χ0n) is 22.0. The fourth-order valence-corrected chi connectivity index (χ4v) is 8.28. The summed E-state index contributed by atoms with van der Waals surface area (Å²) >= 11 is 1.89. The van der Waals surface area contributed by atoms with E-state index in [9.17, 15) is 0 Å². The zero-order valence-corrected chi connectivity index (χ0v) is 22.8. The minimum absolute atomic E-state index is 1.18. The van der Waals surface area contributed by atoms with E-state index < -0.39 is 0 Å². The smallest absolute Gasteiger partial charge is 0.0640 e. The lowest BCUT2D eigenvalue weighted by Crippen LogP contribution is -1.96. The number of aromatic nitrogens is 2. The first kappa shape index (κ1) is 21.7. The minimum Gasteiger partial charge on any atom is -0.315 e. The number of hydrogen-bond acceptors (Lipinski definition) is 1. The summed E-state index contributed by atoms with van der Waals surface area (Å²) in [5.41, 5.74) is 6.19. The van der Waals surface area contributed by atoms with Crippen molar-refractivity contribution in [3.8, 4) is 5.69 Å². The van der Waals surface area contributed by atoms with Crippen molar-refractivity contribution < 1.29 is 0 Å². The first-order valence-electron chi connectivity index (χ1n) is 14.0. The molecule has 0 bridgehead atoms. The molecule has 0 N–H and O–H groups in total. The zero-order chi connectivity index (χ0) is 26.7. The quantitative estimate of drug-likeness (QED) is 0.184. The molecular weight excluding hydrogens is 516 g/mol. The van der Waals surface area contributed by atoms with Crippen molar-refractivity contribution in [2.24, 2.45) is 0 Å². The van der Waals surface area contributed by atoms with Gasteiger partial charge in [0.25, 0.3) is 0 Å². The predicted molar refractivity (Wildman–Crippen MR) is 177 cm³/mol. The first-order chi connectivity index (χ1) is 20.3. The van der Waals surface area contributed by atoms with Crippen molar-refractivity contribution in [1.82, 2.24) is 8.97 Å². The van der Waals surface area contributed by atoms with Crippen LogP contribution < -0.4 is 0 Å². The molecular formula is C38H22N2S. The highest BCUT2D eigenvalue weighted by atomic mass is 32.1. The molecule has 3 heteroatoms. The maximum Gasteiger partial charge on any atom is 0.0640 e. The molecule has 4 heterocycles. The van der Waals surface area contributed by atoms with Crippen molar-refractivity contribution in [1.29, 1.82) is 0 Å². The SMILES string of the molecule is c1ccc(-n2c3ccccc3c3ccc4c(c5cc6c(cc5c5c7ccccc7cn45)sc4ccccc46)c32)cc1. The van der Waals surface area contributed by atoms with Crippen molar-refractivity contribution in [3.63, 3.8) is 0 Å². The van der Waals surface area contributed by atoms with Crippen molar-refractivity contribution >= 4 is 91.3 Å². The van der Waals surface area contributed by atoms with Gasteiger partial charge < -0.3 is 8.97 Å². The van der Waals surface area contributed by atoms with Crippen molar-refractivity contribution in [2.75, 3.05) is 0 Å². The summed E-state index contributed by atoms with van der Waals surface area (Å²) in [7, 11) is 0. The lowest BCUT2D eigenvalue weighted by Gasteiger charge is -2.14. The van der Waals surface area contributed by atoms with E-state index in [1.807, 2.05) is 11.3 Å². The van der Waals surface area contributed by atoms with Gasteiger partial charge in [-0.3, -0.25) is 0 Å². The summed E-state index contributed by atoms with van der Waals surface area (Å²) in [4.78, 5) is 0. The largest absolute Gasteiger partial charge is 0.315 e. The van der Waals surface area contributed by atoms with Gasteiger partial charge in [-0.1, -0.05) is 84.9 Å². The van der Waals surface area contributed by atoms with E-state index in [0.717, 1.165) is 0 Å². The number of fused-ring (bicyclic) bond motifs is 15. The molecule has 4 aromatic heterocycles. The monoisotopic (exact) mass is 538 g/mol. The van der Waals surface area contributed by atoms with Crippen molar-refractivity contribution in [2.45, 2.75) is 0 Å². The topological polar surface area (TPSA) is 9.34 Å². The first-order valence-corrected chi connectivity index (χ1v) is 14.8. The number of benzene rings is 6. The third-order valence-electron chi connectivity index (χ3n) is 8.85. The van der Waals surface area contributed by atoms with Crippen LogP contribution in [0, 0.1) is 0 Å². The summed E-state index contributed by atoms with van der Waals surface area (Å²) in [5.74, 6) is 0. The average Bonchev–Trinajstić information content (AvgIpc) is 3.70. The predicted octanol–water partition coefficient (Wildman–Crippen LogP) is 10.9. The molecule has 0 atom stereocenters. The van der Waals surface area contributed by atoms with Gasteiger partial charge in [-0.25, -0.2) is 0 Å². The molecule has 0 saturated heterocycles. The van der Waals surface area contributed by atoms with Crippen LogP contribution in [0.2, 0.25) is 0 Å². The van der Waals surface area contributed by atoms with E-state index in [2.05, 4.69) is 143 Å². The molecule has 10 rings (SSSR count). The van der Waals surface area contributed by atoms with Gasteiger partial charge in [-0.15, -0.1) is 11.3 Å². The molecule has 0 spiro atoms. The maximum atomic E-state index is 2.47. The van der Waals surface area contributed by atoms with Crippen LogP contribution in [0.25, 0.3) is 85.6 Å². The number of rotatable bonds is 1. The van der Waals surface area contributed by atoms with Gasteiger partial charge in [0.1, 0.15) is 0 Å². The Hall–Kier alpha value is -5.12. The number of hydrogen-bond donors (Lipinski definition) is 0. The molecule has 0 radical (unpaired) electrons. The summed E-state index contributed by atoms with van der Waals surface area (Å²) in [6.07, 6.45) is 2.32. The molecule has 0 aliphatic carbocycles. The molecule has 6 aromatic carbocycles. The molecule has 190 valence electrons. The molecule has 41 heavy (non-hydrogen) atoms. The number of thiophene rings is 1. The highest BCUT2D eigenvalue weighted by Crippen LogP contribution is 2.45. The van der Waals surface area contributed by atoms with E-state index in [0.29, 0.717) is 0 Å². The van der Waals surface area contributed by atoms with Crippen LogP contribution in [-0.2, 0) is 0 Å². The van der Waals surface area contributed by atoms with E-state index in [1.165, 1.54) is 85.6 Å². The second-order valence-corrected chi connectivity index (χ2v) is 12.1. The number of nitrogens with zero attached hydrogens (tertiary/aromatic N) is 2. The average molecular weight is 539 g/mol. The highest BCUT2D eigenvalue weighted by Gasteiger charge is 2.21. The Morgan fingerprint density at radius 2 is 1.20 bits per heavy atom. The number of para-hydroxylation sites is 2. The Morgan fingerprint density at radius 3 is 2.10 bits per heavy atom. The fourth-order valence-electron chi connectivity index (χ4n) is 7.16. The summed E-state index contributed by atoms with van der Waals surface area (Å²) in [6, 6.07) is 46.8. The van der Waals surface area contributed by atoms with Gasteiger partial charge in [-0.2, -0.15) is 0 Å². The number of pyridine rings is 1. The van der Waals surface area contributed by atoms with Gasteiger partial charge >= 0.3 is 0 Å². The Morgan fingerprint density at radius 1 is 0.439 bits per heavy atom. The van der Waals surface area contributed by atoms with E-state index in [-0.39, 0.29) is 0 Å². The highest BCUT2D eigenvalue weighted by molar-refractivity contribution is 7.25. The van der Waals surface area contributed by atoms with Crippen LogP contribution in [0.15, 0.2) is 134 Å². The van der Waals surface area contributed by atoms with Crippen LogP contribution in [0.1, 0.15) is 0 Å². The summed E-state index contributed by atoms with van der Waals surface area (Å²) < 4.78 is 7.58. The Labute approximate surface area is 238 Å². The standard InChI is InChI=1S/C38H22N2S/c1-2-11-24(12-3-1)40-32-16-8-6-14-26(32)28-18-19-33-36(38(28)40)30-20-29-27-15-7-9-17-34(27)41-35(29)21-31(30)37-25-13-5-4-10-23(25)22-39(33)37/h1-22H. The lowest BCUT2D eigenvalue weighted by atomic mass is 9.99. The fraction of sp³-hybridized carbons (Fsp3) is 0. The summed E-state index contributed by atoms with van der Waals surface area (Å²) in [6.45, 7) is 0. The second-order valence-electron chi connectivity index (χ2n) is 11.0. The van der Waals surface area contributed by atoms with Crippen LogP contribution in [0.5, 0.6) is 0 Å². The van der Waals surface area contributed by atoms with Gasteiger partial charge in [0.2, 0.25) is 0 Å². The van der Waals surface area contributed by atoms with E-state index in [1.54, 1.807) is 0 Å². The molecule has 0 saturated carbocycles. The third kappa shape index (κ3) is 2.76. The molecule has 0 amide bonds. The van der Waals surface area contributed by atoms with Gasteiger partial charge in [-0.05, 0) is 47.9 Å². The Kier molecular flexibility index (Phi) is 4.10. The molecule has 0 aliphatic rings. The third-order valence-corrected chi connectivity index (χ3v) is 9.99.